The van der Waals surface area contributed by atoms with Gasteiger partial charge in [-0.15, -0.1) is 0 Å². The van der Waals surface area contributed by atoms with Crippen molar-refractivity contribution in [3.63, 3.8) is 0 Å². The summed E-state index contributed by atoms with van der Waals surface area (Å²) in [6.45, 7) is 6.70. The third-order valence-electron chi connectivity index (χ3n) is 3.75. The molecule has 1 aromatic carbocycles. The van der Waals surface area contributed by atoms with Gasteiger partial charge in [0.2, 0.25) is 0 Å². The van der Waals surface area contributed by atoms with Crippen LogP contribution in [0.15, 0.2) is 18.2 Å². The summed E-state index contributed by atoms with van der Waals surface area (Å²) in [6, 6.07) is 7.60. The Labute approximate surface area is 105 Å². The predicted molar refractivity (Wildman–Crippen MR) is 74.9 cm³/mol. The van der Waals surface area contributed by atoms with Crippen LogP contribution in [0.5, 0.6) is 0 Å². The lowest BCUT2D eigenvalue weighted by Crippen LogP contribution is -2.32. The van der Waals surface area contributed by atoms with E-state index in [1.807, 2.05) is 7.05 Å². The zero-order chi connectivity index (χ0) is 12.3. The lowest BCUT2D eigenvalue weighted by molar-refractivity contribution is 0.549. The van der Waals surface area contributed by atoms with Crippen LogP contribution < -0.4 is 10.2 Å². The van der Waals surface area contributed by atoms with Gasteiger partial charge in [-0.3, -0.25) is 0 Å². The summed E-state index contributed by atoms with van der Waals surface area (Å²) >= 11 is 0. The van der Waals surface area contributed by atoms with Crippen molar-refractivity contribution in [2.24, 2.45) is 0 Å². The quantitative estimate of drug-likeness (QED) is 0.785. The molecule has 0 spiro atoms. The van der Waals surface area contributed by atoms with E-state index in [1.165, 1.54) is 30.5 Å². The second-order valence-electron chi connectivity index (χ2n) is 5.02. The fourth-order valence-electron chi connectivity index (χ4n) is 2.92. The first-order valence-corrected chi connectivity index (χ1v) is 6.77. The predicted octanol–water partition coefficient (Wildman–Crippen LogP) is 2.75. The molecule has 0 fully saturated rings. The molecule has 0 aliphatic carbocycles. The van der Waals surface area contributed by atoms with E-state index in [1.54, 1.807) is 5.56 Å². The number of hydrogen-bond donors (Lipinski definition) is 1. The molecule has 0 saturated carbocycles. The van der Waals surface area contributed by atoms with Crippen molar-refractivity contribution in [3.05, 3.63) is 29.3 Å². The van der Waals surface area contributed by atoms with E-state index in [0.717, 1.165) is 13.1 Å². The van der Waals surface area contributed by atoms with Crippen LogP contribution in [-0.4, -0.2) is 26.2 Å². The SMILES string of the molecule is CCN1c2ccc(C)cc2CC1CCCNC. The maximum absolute atomic E-state index is 3.24. The highest BCUT2D eigenvalue weighted by molar-refractivity contribution is 5.60. The topological polar surface area (TPSA) is 15.3 Å². The van der Waals surface area contributed by atoms with Gasteiger partial charge in [0.25, 0.3) is 0 Å². The van der Waals surface area contributed by atoms with Crippen LogP contribution >= 0.6 is 0 Å². The lowest BCUT2D eigenvalue weighted by atomic mass is 10.0. The monoisotopic (exact) mass is 232 g/mol. The molecule has 0 bridgehead atoms. The molecule has 1 heterocycles. The molecule has 94 valence electrons. The van der Waals surface area contributed by atoms with Crippen molar-refractivity contribution < 1.29 is 0 Å². The normalized spacial score (nSPS) is 18.5. The summed E-state index contributed by atoms with van der Waals surface area (Å²) in [7, 11) is 2.03. The molecule has 1 atom stereocenters. The van der Waals surface area contributed by atoms with E-state index >= 15 is 0 Å². The molecule has 0 saturated heterocycles. The molecule has 0 aromatic heterocycles. The minimum absolute atomic E-state index is 0.713. The Bertz CT molecular complexity index is 373. The van der Waals surface area contributed by atoms with E-state index in [0.29, 0.717) is 6.04 Å². The van der Waals surface area contributed by atoms with Gasteiger partial charge in [-0.2, -0.15) is 0 Å². The van der Waals surface area contributed by atoms with Crippen LogP contribution in [0.2, 0.25) is 0 Å². The van der Waals surface area contributed by atoms with Crippen molar-refractivity contribution >= 4 is 5.69 Å². The van der Waals surface area contributed by atoms with Crippen molar-refractivity contribution in [1.82, 2.24) is 5.32 Å². The maximum atomic E-state index is 3.24. The van der Waals surface area contributed by atoms with Crippen LogP contribution in [0.4, 0.5) is 5.69 Å². The average molecular weight is 232 g/mol. The molecule has 2 nitrogen and oxygen atoms in total. The van der Waals surface area contributed by atoms with E-state index in [4.69, 9.17) is 0 Å². The number of likely N-dealkylation sites (N-methyl/N-ethyl adjacent to an activating group) is 1. The van der Waals surface area contributed by atoms with Gasteiger partial charge in [0.1, 0.15) is 0 Å². The van der Waals surface area contributed by atoms with E-state index in [9.17, 15) is 0 Å². The molecule has 1 aromatic rings. The number of nitrogens with zero attached hydrogens (tertiary/aromatic N) is 1. The molecule has 0 radical (unpaired) electrons. The van der Waals surface area contributed by atoms with Gasteiger partial charge in [-0.1, -0.05) is 17.7 Å². The maximum Gasteiger partial charge on any atom is 0.0402 e. The number of fused-ring (bicyclic) bond motifs is 1. The Kier molecular flexibility index (Phi) is 4.06. The summed E-state index contributed by atoms with van der Waals surface area (Å²) in [5.74, 6) is 0. The molecule has 1 aliphatic heterocycles. The number of nitrogens with one attached hydrogen (secondary N) is 1. The first-order chi connectivity index (χ1) is 8.26. The van der Waals surface area contributed by atoms with E-state index < -0.39 is 0 Å². The van der Waals surface area contributed by atoms with Crippen LogP contribution in [0.1, 0.15) is 30.9 Å². The number of hydrogen-bond acceptors (Lipinski definition) is 2. The van der Waals surface area contributed by atoms with E-state index in [-0.39, 0.29) is 0 Å². The Morgan fingerprint density at radius 3 is 2.94 bits per heavy atom. The largest absolute Gasteiger partial charge is 0.368 e. The summed E-state index contributed by atoms with van der Waals surface area (Å²) in [4.78, 5) is 2.57. The first-order valence-electron chi connectivity index (χ1n) is 6.77. The Hall–Kier alpha value is -1.02. The van der Waals surface area contributed by atoms with Crippen LogP contribution in [0, 0.1) is 6.92 Å². The number of anilines is 1. The molecular weight excluding hydrogens is 208 g/mol. The molecule has 0 amide bonds. The lowest BCUT2D eigenvalue weighted by Gasteiger charge is -2.26. The fourth-order valence-corrected chi connectivity index (χ4v) is 2.92. The molecular formula is C15H24N2. The molecule has 2 rings (SSSR count). The molecule has 1 N–H and O–H groups in total. The van der Waals surface area contributed by atoms with Gasteiger partial charge in [0.15, 0.2) is 0 Å². The Balaban J connectivity index is 2.08. The standard InChI is InChI=1S/C15H24N2/c1-4-17-14(6-5-9-16-3)11-13-10-12(2)7-8-15(13)17/h7-8,10,14,16H,4-6,9,11H2,1-3H3. The third-order valence-corrected chi connectivity index (χ3v) is 3.75. The van der Waals surface area contributed by atoms with Gasteiger partial charge in [-0.25, -0.2) is 0 Å². The third kappa shape index (κ3) is 2.63. The fraction of sp³-hybridized carbons (Fsp3) is 0.600. The van der Waals surface area contributed by atoms with Crippen LogP contribution in [0.25, 0.3) is 0 Å². The van der Waals surface area contributed by atoms with Crippen LogP contribution in [-0.2, 0) is 6.42 Å². The Morgan fingerprint density at radius 2 is 2.24 bits per heavy atom. The van der Waals surface area contributed by atoms with Gasteiger partial charge in [-0.05, 0) is 58.3 Å². The molecule has 2 heteroatoms. The second kappa shape index (κ2) is 5.54. The highest BCUT2D eigenvalue weighted by atomic mass is 15.2. The van der Waals surface area contributed by atoms with Gasteiger partial charge < -0.3 is 10.2 Å². The number of rotatable bonds is 5. The molecule has 1 aliphatic rings. The summed E-state index contributed by atoms with van der Waals surface area (Å²) in [6.07, 6.45) is 3.79. The zero-order valence-electron chi connectivity index (χ0n) is 11.3. The average Bonchev–Trinajstić information content (AvgIpc) is 2.66. The minimum Gasteiger partial charge on any atom is -0.368 e. The summed E-state index contributed by atoms with van der Waals surface area (Å²) < 4.78 is 0. The summed E-state index contributed by atoms with van der Waals surface area (Å²) in [5.41, 5.74) is 4.39. The highest BCUT2D eigenvalue weighted by Crippen LogP contribution is 2.34. The van der Waals surface area contributed by atoms with Crippen molar-refractivity contribution in [2.75, 3.05) is 25.0 Å². The molecule has 1 unspecified atom stereocenters. The van der Waals surface area contributed by atoms with E-state index in [2.05, 4.69) is 42.3 Å². The van der Waals surface area contributed by atoms with Gasteiger partial charge in [0, 0.05) is 18.3 Å². The van der Waals surface area contributed by atoms with Gasteiger partial charge >= 0.3 is 0 Å². The smallest absolute Gasteiger partial charge is 0.0402 e. The highest BCUT2D eigenvalue weighted by Gasteiger charge is 2.27. The number of aryl methyl sites for hydroxylation is 1. The summed E-state index contributed by atoms with van der Waals surface area (Å²) in [5, 5.41) is 3.24. The number of benzene rings is 1. The Morgan fingerprint density at radius 1 is 1.41 bits per heavy atom. The second-order valence-corrected chi connectivity index (χ2v) is 5.02. The van der Waals surface area contributed by atoms with Gasteiger partial charge in [0.05, 0.1) is 0 Å². The molecule has 17 heavy (non-hydrogen) atoms. The minimum atomic E-state index is 0.713. The van der Waals surface area contributed by atoms with Crippen molar-refractivity contribution in [3.8, 4) is 0 Å². The van der Waals surface area contributed by atoms with Crippen LogP contribution in [0.3, 0.4) is 0 Å². The van der Waals surface area contributed by atoms with Crippen molar-refractivity contribution in [1.29, 1.82) is 0 Å². The zero-order valence-corrected chi connectivity index (χ0v) is 11.3. The first kappa shape index (κ1) is 12.4. The van der Waals surface area contributed by atoms with Crippen molar-refractivity contribution in [2.45, 2.75) is 39.2 Å².